The van der Waals surface area contributed by atoms with Gasteiger partial charge in [-0.25, -0.2) is 0 Å². The summed E-state index contributed by atoms with van der Waals surface area (Å²) in [5.41, 5.74) is 0.553. The van der Waals surface area contributed by atoms with E-state index in [1.807, 2.05) is 17.5 Å². The highest BCUT2D eigenvalue weighted by Crippen LogP contribution is 2.23. The number of thiophene rings is 1. The molecule has 2 aromatic rings. The van der Waals surface area contributed by atoms with Gasteiger partial charge >= 0.3 is 0 Å². The minimum absolute atomic E-state index is 0.110. The van der Waals surface area contributed by atoms with Gasteiger partial charge in [-0.3, -0.25) is 4.79 Å². The van der Waals surface area contributed by atoms with Gasteiger partial charge < -0.3 is 10.1 Å². The van der Waals surface area contributed by atoms with Crippen LogP contribution in [0.15, 0.2) is 40.2 Å². The van der Waals surface area contributed by atoms with Crippen LogP contribution in [0, 0.1) is 0 Å². The summed E-state index contributed by atoms with van der Waals surface area (Å²) in [6.45, 7) is 0.624. The molecular weight excluding hydrogens is 326 g/mol. The van der Waals surface area contributed by atoms with Crippen molar-refractivity contribution in [2.75, 3.05) is 13.7 Å². The molecule has 0 atom stereocenters. The largest absolute Gasteiger partial charge is 0.496 e. The number of amides is 1. The van der Waals surface area contributed by atoms with Crippen molar-refractivity contribution in [1.29, 1.82) is 0 Å². The first kappa shape index (κ1) is 14.1. The molecule has 0 aliphatic heterocycles. The molecule has 2 rings (SSSR count). The highest BCUT2D eigenvalue weighted by molar-refractivity contribution is 9.10. The molecule has 3 nitrogen and oxygen atoms in total. The third-order valence-corrected chi connectivity index (χ3v) is 4.07. The fourth-order valence-corrected chi connectivity index (χ4v) is 2.75. The lowest BCUT2D eigenvalue weighted by molar-refractivity contribution is 0.0951. The molecular formula is C14H14BrNO2S. The van der Waals surface area contributed by atoms with Crippen LogP contribution in [0.4, 0.5) is 0 Å². The summed E-state index contributed by atoms with van der Waals surface area (Å²) >= 11 is 5.05. The molecule has 0 fully saturated rings. The third-order valence-electron chi connectivity index (χ3n) is 2.65. The number of hydrogen-bond acceptors (Lipinski definition) is 3. The van der Waals surface area contributed by atoms with Crippen molar-refractivity contribution >= 4 is 33.2 Å². The fourth-order valence-electron chi connectivity index (χ4n) is 1.70. The minimum Gasteiger partial charge on any atom is -0.496 e. The smallest absolute Gasteiger partial charge is 0.255 e. The maximum Gasteiger partial charge on any atom is 0.255 e. The Morgan fingerprint density at radius 2 is 2.26 bits per heavy atom. The Labute approximate surface area is 124 Å². The summed E-state index contributed by atoms with van der Waals surface area (Å²) in [7, 11) is 1.56. The van der Waals surface area contributed by atoms with E-state index in [0.29, 0.717) is 17.9 Å². The molecule has 0 radical (unpaired) electrons. The molecule has 19 heavy (non-hydrogen) atoms. The van der Waals surface area contributed by atoms with E-state index in [0.717, 1.165) is 10.9 Å². The van der Waals surface area contributed by atoms with Gasteiger partial charge in [-0.15, -0.1) is 11.3 Å². The number of methoxy groups -OCH3 is 1. The van der Waals surface area contributed by atoms with Gasteiger partial charge in [0, 0.05) is 15.9 Å². The van der Waals surface area contributed by atoms with Gasteiger partial charge in [0.1, 0.15) is 5.75 Å². The lowest BCUT2D eigenvalue weighted by Crippen LogP contribution is -2.25. The molecule has 1 amide bonds. The van der Waals surface area contributed by atoms with E-state index in [9.17, 15) is 4.79 Å². The Hall–Kier alpha value is -1.33. The third kappa shape index (κ3) is 3.81. The molecule has 0 aliphatic carbocycles. The summed E-state index contributed by atoms with van der Waals surface area (Å²) in [5.74, 6) is 0.462. The Bertz CT molecular complexity index is 555. The van der Waals surface area contributed by atoms with Crippen LogP contribution in [0.2, 0.25) is 0 Å². The van der Waals surface area contributed by atoms with Crippen LogP contribution in [0.3, 0.4) is 0 Å². The Kier molecular flexibility index (Phi) is 4.99. The van der Waals surface area contributed by atoms with Crippen molar-refractivity contribution in [2.45, 2.75) is 6.42 Å². The Morgan fingerprint density at radius 3 is 2.95 bits per heavy atom. The quantitative estimate of drug-likeness (QED) is 0.905. The molecule has 0 spiro atoms. The number of nitrogens with one attached hydrogen (secondary N) is 1. The van der Waals surface area contributed by atoms with Crippen molar-refractivity contribution in [2.24, 2.45) is 0 Å². The maximum atomic E-state index is 12.1. The summed E-state index contributed by atoms with van der Waals surface area (Å²) in [6.07, 6.45) is 0.849. The summed E-state index contributed by atoms with van der Waals surface area (Å²) < 4.78 is 6.10. The highest BCUT2D eigenvalue weighted by atomic mass is 79.9. The second-order valence-electron chi connectivity index (χ2n) is 3.93. The number of carbonyl (C=O) groups is 1. The first-order valence-corrected chi connectivity index (χ1v) is 7.52. The average molecular weight is 340 g/mol. The number of halogens is 1. The Morgan fingerprint density at radius 1 is 1.42 bits per heavy atom. The highest BCUT2D eigenvalue weighted by Gasteiger charge is 2.11. The number of rotatable bonds is 5. The normalized spacial score (nSPS) is 10.2. The summed E-state index contributed by atoms with van der Waals surface area (Å²) in [6, 6.07) is 9.45. The zero-order valence-electron chi connectivity index (χ0n) is 10.5. The van der Waals surface area contributed by atoms with Crippen LogP contribution in [-0.4, -0.2) is 19.6 Å². The van der Waals surface area contributed by atoms with Gasteiger partial charge in [-0.1, -0.05) is 22.0 Å². The molecule has 1 aromatic heterocycles. The van der Waals surface area contributed by atoms with Crippen LogP contribution < -0.4 is 10.1 Å². The zero-order chi connectivity index (χ0) is 13.7. The van der Waals surface area contributed by atoms with E-state index in [1.54, 1.807) is 30.6 Å². The molecule has 5 heteroatoms. The van der Waals surface area contributed by atoms with Crippen LogP contribution in [-0.2, 0) is 6.42 Å². The molecule has 100 valence electrons. The van der Waals surface area contributed by atoms with E-state index in [4.69, 9.17) is 4.74 Å². The van der Waals surface area contributed by atoms with Crippen molar-refractivity contribution in [3.05, 3.63) is 50.6 Å². The number of carbonyl (C=O) groups excluding carboxylic acids is 1. The van der Waals surface area contributed by atoms with Gasteiger partial charge in [0.15, 0.2) is 0 Å². The molecule has 0 unspecified atom stereocenters. The van der Waals surface area contributed by atoms with Gasteiger partial charge in [0.25, 0.3) is 5.91 Å². The topological polar surface area (TPSA) is 38.3 Å². The maximum absolute atomic E-state index is 12.1. The van der Waals surface area contributed by atoms with E-state index in [-0.39, 0.29) is 5.91 Å². The summed E-state index contributed by atoms with van der Waals surface area (Å²) in [5, 5.41) is 4.94. The van der Waals surface area contributed by atoms with Crippen LogP contribution in [0.25, 0.3) is 0 Å². The van der Waals surface area contributed by atoms with E-state index < -0.39 is 0 Å². The van der Waals surface area contributed by atoms with Crippen molar-refractivity contribution in [1.82, 2.24) is 5.32 Å². The first-order chi connectivity index (χ1) is 9.20. The Balaban J connectivity index is 1.96. The van der Waals surface area contributed by atoms with Gasteiger partial charge in [0.2, 0.25) is 0 Å². The fraction of sp³-hybridized carbons (Fsp3) is 0.214. The molecule has 0 saturated carbocycles. The summed E-state index contributed by atoms with van der Waals surface area (Å²) in [4.78, 5) is 13.3. The van der Waals surface area contributed by atoms with E-state index in [2.05, 4.69) is 27.3 Å². The van der Waals surface area contributed by atoms with E-state index >= 15 is 0 Å². The van der Waals surface area contributed by atoms with E-state index in [1.165, 1.54) is 4.88 Å². The molecule has 1 heterocycles. The average Bonchev–Trinajstić information content (AvgIpc) is 2.91. The number of benzene rings is 1. The second-order valence-corrected chi connectivity index (χ2v) is 5.88. The first-order valence-electron chi connectivity index (χ1n) is 5.85. The van der Waals surface area contributed by atoms with Crippen molar-refractivity contribution in [3.63, 3.8) is 0 Å². The van der Waals surface area contributed by atoms with Gasteiger partial charge in [-0.2, -0.15) is 0 Å². The predicted molar refractivity (Wildman–Crippen MR) is 81.1 cm³/mol. The number of hydrogen-bond donors (Lipinski definition) is 1. The number of ether oxygens (including phenoxy) is 1. The van der Waals surface area contributed by atoms with Crippen LogP contribution in [0.5, 0.6) is 5.75 Å². The standard InChI is InChI=1S/C14H14BrNO2S/c1-18-13-9-10(15)4-5-12(13)14(17)16-7-6-11-3-2-8-19-11/h2-5,8-9H,6-7H2,1H3,(H,16,17). The molecule has 0 saturated heterocycles. The lowest BCUT2D eigenvalue weighted by atomic mass is 10.2. The van der Waals surface area contributed by atoms with Gasteiger partial charge in [-0.05, 0) is 36.1 Å². The zero-order valence-corrected chi connectivity index (χ0v) is 12.9. The molecule has 0 aliphatic rings. The molecule has 0 bridgehead atoms. The molecule has 1 aromatic carbocycles. The lowest BCUT2D eigenvalue weighted by Gasteiger charge is -2.09. The van der Waals surface area contributed by atoms with Crippen LogP contribution >= 0.6 is 27.3 Å². The molecule has 1 N–H and O–H groups in total. The van der Waals surface area contributed by atoms with Gasteiger partial charge in [0.05, 0.1) is 12.7 Å². The minimum atomic E-state index is -0.110. The monoisotopic (exact) mass is 339 g/mol. The SMILES string of the molecule is COc1cc(Br)ccc1C(=O)NCCc1cccs1. The van der Waals surface area contributed by atoms with Crippen molar-refractivity contribution in [3.8, 4) is 5.75 Å². The second kappa shape index (κ2) is 6.73. The predicted octanol–water partition coefficient (Wildman–Crippen LogP) is 3.49. The van der Waals surface area contributed by atoms with Crippen molar-refractivity contribution < 1.29 is 9.53 Å². The van der Waals surface area contributed by atoms with Crippen LogP contribution in [0.1, 0.15) is 15.2 Å².